The summed E-state index contributed by atoms with van der Waals surface area (Å²) in [4.78, 5) is 16.1. The number of ether oxygens (including phenoxy) is 1. The molecule has 32 heavy (non-hydrogen) atoms. The lowest BCUT2D eigenvalue weighted by atomic mass is 10.1. The van der Waals surface area contributed by atoms with Crippen molar-refractivity contribution >= 4 is 28.1 Å². The molecule has 1 atom stereocenters. The van der Waals surface area contributed by atoms with E-state index in [2.05, 4.69) is 15.6 Å². The molecule has 1 heterocycles. The van der Waals surface area contributed by atoms with Crippen molar-refractivity contribution in [2.75, 3.05) is 24.7 Å². The maximum absolute atomic E-state index is 12.1. The van der Waals surface area contributed by atoms with Gasteiger partial charge in [-0.3, -0.25) is 10.1 Å². The molecule has 3 aromatic rings. The molecule has 170 valence electrons. The van der Waals surface area contributed by atoms with Crippen molar-refractivity contribution < 1.29 is 24.9 Å². The molecule has 0 saturated carbocycles. The first-order valence-electron chi connectivity index (χ1n) is 9.89. The van der Waals surface area contributed by atoms with Gasteiger partial charge in [0, 0.05) is 19.3 Å². The number of rotatable bonds is 10. The maximum Gasteiger partial charge on any atom is 0.254 e. The van der Waals surface area contributed by atoms with E-state index in [-0.39, 0.29) is 34.8 Å². The molecule has 1 amide bonds. The monoisotopic (exact) mass is 458 g/mol. The lowest BCUT2D eigenvalue weighted by Crippen LogP contribution is -2.51. The standard InChI is InChI=1S/C22H26N4O5S/c1-31-19(15-5-3-2-4-6-15)22(29,30)24-12-11-14-7-9-16(10-8-14)25-18(27)13-17-20(28)32-21(23)26-17/h2-10,19,24,28-30H,11-13H2,1H3,(H2,23,26)(H,25,27). The van der Waals surface area contributed by atoms with Crippen molar-refractivity contribution in [3.8, 4) is 5.06 Å². The van der Waals surface area contributed by atoms with E-state index in [1.165, 1.54) is 7.11 Å². The molecule has 1 unspecified atom stereocenters. The number of carbonyl (C=O) groups is 1. The molecule has 0 fully saturated rings. The topological polar surface area (TPSA) is 150 Å². The molecular weight excluding hydrogens is 432 g/mol. The van der Waals surface area contributed by atoms with Crippen molar-refractivity contribution in [3.63, 3.8) is 0 Å². The van der Waals surface area contributed by atoms with Crippen LogP contribution in [0.2, 0.25) is 0 Å². The number of aliphatic hydroxyl groups is 2. The predicted molar refractivity (Wildman–Crippen MR) is 122 cm³/mol. The third-order valence-corrected chi connectivity index (χ3v) is 5.49. The summed E-state index contributed by atoms with van der Waals surface area (Å²) in [6.45, 7) is 0.288. The van der Waals surface area contributed by atoms with Gasteiger partial charge < -0.3 is 31.1 Å². The molecule has 7 N–H and O–H groups in total. The van der Waals surface area contributed by atoms with Crippen molar-refractivity contribution in [1.82, 2.24) is 10.3 Å². The number of nitrogens with zero attached hydrogens (tertiary/aromatic N) is 1. The Hall–Kier alpha value is -3.02. The van der Waals surface area contributed by atoms with Gasteiger partial charge in [0.25, 0.3) is 5.91 Å². The van der Waals surface area contributed by atoms with Gasteiger partial charge in [0.2, 0.25) is 5.91 Å². The maximum atomic E-state index is 12.1. The van der Waals surface area contributed by atoms with Crippen molar-refractivity contribution in [2.24, 2.45) is 0 Å². The summed E-state index contributed by atoms with van der Waals surface area (Å²) in [5.74, 6) is -2.56. The minimum atomic E-state index is -2.24. The lowest BCUT2D eigenvalue weighted by Gasteiger charge is -2.31. The molecule has 0 saturated heterocycles. The Labute approximate surface area is 189 Å². The number of aromatic nitrogens is 1. The highest BCUT2D eigenvalue weighted by atomic mass is 32.1. The second kappa shape index (κ2) is 10.5. The van der Waals surface area contributed by atoms with Crippen LogP contribution in [0.3, 0.4) is 0 Å². The van der Waals surface area contributed by atoms with Crippen LogP contribution in [0, 0.1) is 0 Å². The van der Waals surface area contributed by atoms with Crippen LogP contribution in [0.1, 0.15) is 22.9 Å². The molecule has 0 spiro atoms. The van der Waals surface area contributed by atoms with Gasteiger partial charge in [-0.1, -0.05) is 53.8 Å². The van der Waals surface area contributed by atoms with Gasteiger partial charge in [0.05, 0.1) is 6.42 Å². The number of thiazole rings is 1. The van der Waals surface area contributed by atoms with Crippen LogP contribution in [-0.2, 0) is 22.4 Å². The van der Waals surface area contributed by atoms with Gasteiger partial charge in [-0.15, -0.1) is 0 Å². The summed E-state index contributed by atoms with van der Waals surface area (Å²) in [7, 11) is 1.41. The molecule has 0 bridgehead atoms. The highest BCUT2D eigenvalue weighted by molar-refractivity contribution is 7.17. The lowest BCUT2D eigenvalue weighted by molar-refractivity contribution is -0.254. The van der Waals surface area contributed by atoms with Gasteiger partial charge in [0.1, 0.15) is 5.69 Å². The second-order valence-electron chi connectivity index (χ2n) is 7.16. The number of nitrogen functional groups attached to an aromatic ring is 1. The largest absolute Gasteiger partial charge is 0.498 e. The number of carbonyl (C=O) groups excluding carboxylic acids is 1. The fraction of sp³-hybridized carbons (Fsp3) is 0.273. The minimum Gasteiger partial charge on any atom is -0.498 e. The number of nitrogens with two attached hydrogens (primary N) is 1. The summed E-state index contributed by atoms with van der Waals surface area (Å²) in [6.07, 6.45) is -0.509. The molecule has 0 aliphatic rings. The average molecular weight is 459 g/mol. The molecule has 0 radical (unpaired) electrons. The SMILES string of the molecule is COC(c1ccccc1)C(O)(O)NCCc1ccc(NC(=O)Cc2nc(N)sc2O)cc1. The third kappa shape index (κ3) is 6.25. The molecular formula is C22H26N4O5S. The second-order valence-corrected chi connectivity index (χ2v) is 8.16. The van der Waals surface area contributed by atoms with E-state index in [1.807, 2.05) is 18.2 Å². The Morgan fingerprint density at radius 1 is 1.19 bits per heavy atom. The Bertz CT molecular complexity index is 1020. The number of amides is 1. The molecule has 9 nitrogen and oxygen atoms in total. The zero-order valence-electron chi connectivity index (χ0n) is 17.5. The van der Waals surface area contributed by atoms with E-state index in [4.69, 9.17) is 10.5 Å². The van der Waals surface area contributed by atoms with Crippen LogP contribution in [-0.4, -0.2) is 45.8 Å². The number of aromatic hydroxyl groups is 1. The predicted octanol–water partition coefficient (Wildman–Crippen LogP) is 1.77. The van der Waals surface area contributed by atoms with E-state index in [0.29, 0.717) is 17.7 Å². The van der Waals surface area contributed by atoms with Crippen LogP contribution in [0.25, 0.3) is 0 Å². The average Bonchev–Trinajstić information content (AvgIpc) is 3.06. The van der Waals surface area contributed by atoms with E-state index in [9.17, 15) is 20.1 Å². The highest BCUT2D eigenvalue weighted by Gasteiger charge is 2.35. The normalized spacial score (nSPS) is 12.5. The minimum absolute atomic E-state index is 0.0627. The molecule has 3 rings (SSSR count). The molecule has 0 aliphatic heterocycles. The van der Waals surface area contributed by atoms with E-state index in [1.54, 1.807) is 36.4 Å². The van der Waals surface area contributed by atoms with Crippen LogP contribution in [0.15, 0.2) is 54.6 Å². The number of methoxy groups -OCH3 is 1. The van der Waals surface area contributed by atoms with Gasteiger partial charge in [-0.05, 0) is 29.7 Å². The first-order valence-corrected chi connectivity index (χ1v) is 10.7. The van der Waals surface area contributed by atoms with Crippen LogP contribution >= 0.6 is 11.3 Å². The van der Waals surface area contributed by atoms with Crippen LogP contribution in [0.4, 0.5) is 10.8 Å². The molecule has 10 heteroatoms. The zero-order chi connectivity index (χ0) is 23.1. The zero-order valence-corrected chi connectivity index (χ0v) is 18.3. The number of nitrogens with one attached hydrogen (secondary N) is 2. The Morgan fingerprint density at radius 3 is 2.47 bits per heavy atom. The van der Waals surface area contributed by atoms with Crippen LogP contribution in [0.5, 0.6) is 5.06 Å². The summed E-state index contributed by atoms with van der Waals surface area (Å²) in [5, 5.41) is 36.1. The van der Waals surface area contributed by atoms with Gasteiger partial charge in [-0.25, -0.2) is 4.98 Å². The van der Waals surface area contributed by atoms with Gasteiger partial charge in [-0.2, -0.15) is 0 Å². The van der Waals surface area contributed by atoms with Gasteiger partial charge in [0.15, 0.2) is 16.3 Å². The number of anilines is 2. The van der Waals surface area contributed by atoms with Crippen molar-refractivity contribution in [1.29, 1.82) is 0 Å². The first kappa shape index (κ1) is 23.6. The number of hydrogen-bond donors (Lipinski definition) is 6. The van der Waals surface area contributed by atoms with E-state index in [0.717, 1.165) is 16.9 Å². The summed E-state index contributed by atoms with van der Waals surface area (Å²) >= 11 is 0.923. The quantitative estimate of drug-likeness (QED) is 0.252. The van der Waals surface area contributed by atoms with E-state index >= 15 is 0 Å². The first-order chi connectivity index (χ1) is 15.3. The van der Waals surface area contributed by atoms with Crippen molar-refractivity contribution in [2.45, 2.75) is 24.9 Å². The number of benzene rings is 2. The molecule has 1 aromatic heterocycles. The molecule has 2 aromatic carbocycles. The van der Waals surface area contributed by atoms with E-state index < -0.39 is 12.0 Å². The molecule has 0 aliphatic carbocycles. The Balaban J connectivity index is 1.50. The number of hydrogen-bond acceptors (Lipinski definition) is 9. The third-order valence-electron chi connectivity index (χ3n) is 4.76. The van der Waals surface area contributed by atoms with Crippen molar-refractivity contribution in [3.05, 3.63) is 71.4 Å². The van der Waals surface area contributed by atoms with Gasteiger partial charge >= 0.3 is 0 Å². The highest BCUT2D eigenvalue weighted by Crippen LogP contribution is 2.28. The smallest absolute Gasteiger partial charge is 0.254 e. The summed E-state index contributed by atoms with van der Waals surface area (Å²) in [5.41, 5.74) is 7.93. The summed E-state index contributed by atoms with van der Waals surface area (Å²) in [6, 6.07) is 16.1. The van der Waals surface area contributed by atoms with Crippen LogP contribution < -0.4 is 16.4 Å². The fourth-order valence-electron chi connectivity index (χ4n) is 3.23. The Kier molecular flexibility index (Phi) is 7.78. The summed E-state index contributed by atoms with van der Waals surface area (Å²) < 4.78 is 5.28. The Morgan fingerprint density at radius 2 is 1.88 bits per heavy atom. The fourth-order valence-corrected chi connectivity index (χ4v) is 3.82.